The minimum Gasteiger partial charge on any atom is -0.494 e. The molecule has 100 valence electrons. The monoisotopic (exact) mass is 367 g/mol. The lowest BCUT2D eigenvalue weighted by molar-refractivity contribution is 0.297. The van der Waals surface area contributed by atoms with Gasteiger partial charge in [0.15, 0.2) is 0 Å². The number of nitrogens with two attached hydrogens (primary N) is 1. The summed E-state index contributed by atoms with van der Waals surface area (Å²) in [5.74, 6) is 0.906. The summed E-state index contributed by atoms with van der Waals surface area (Å²) in [6, 6.07) is 18.5. The van der Waals surface area contributed by atoms with Crippen LogP contribution in [0.5, 0.6) is 5.75 Å². The van der Waals surface area contributed by atoms with Crippen molar-refractivity contribution in [3.05, 3.63) is 63.7 Å². The average molecular weight is 367 g/mol. The fourth-order valence-electron chi connectivity index (χ4n) is 1.87. The molecule has 0 aromatic heterocycles. The molecule has 1 unspecified atom stereocenters. The van der Waals surface area contributed by atoms with Crippen LogP contribution in [0.25, 0.3) is 0 Å². The lowest BCUT2D eigenvalue weighted by atomic mass is 10.0. The lowest BCUT2D eigenvalue weighted by Crippen LogP contribution is -2.25. The van der Waals surface area contributed by atoms with Crippen LogP contribution >= 0.6 is 22.6 Å². The molecule has 0 saturated carbocycles. The Morgan fingerprint density at radius 2 is 1.68 bits per heavy atom. The molecule has 0 aliphatic heterocycles. The van der Waals surface area contributed by atoms with E-state index in [1.807, 2.05) is 30.3 Å². The highest BCUT2D eigenvalue weighted by Crippen LogP contribution is 2.11. The van der Waals surface area contributed by atoms with Gasteiger partial charge in [0.1, 0.15) is 5.75 Å². The SMILES string of the molecule is NC(CCOc1ccccc1)Cc1ccc(I)cc1. The van der Waals surface area contributed by atoms with Crippen molar-refractivity contribution in [2.75, 3.05) is 6.61 Å². The summed E-state index contributed by atoms with van der Waals surface area (Å²) in [5.41, 5.74) is 7.41. The van der Waals surface area contributed by atoms with Crippen molar-refractivity contribution in [2.45, 2.75) is 18.9 Å². The van der Waals surface area contributed by atoms with Crippen molar-refractivity contribution in [3.8, 4) is 5.75 Å². The molecule has 0 aliphatic carbocycles. The second-order valence-corrected chi connectivity index (χ2v) is 5.79. The second kappa shape index (κ2) is 7.50. The maximum Gasteiger partial charge on any atom is 0.119 e. The highest BCUT2D eigenvalue weighted by molar-refractivity contribution is 14.1. The number of benzene rings is 2. The Kier molecular flexibility index (Phi) is 5.66. The first kappa shape index (κ1) is 14.3. The quantitative estimate of drug-likeness (QED) is 0.792. The van der Waals surface area contributed by atoms with Crippen molar-refractivity contribution >= 4 is 22.6 Å². The van der Waals surface area contributed by atoms with E-state index in [4.69, 9.17) is 10.5 Å². The van der Waals surface area contributed by atoms with Crippen molar-refractivity contribution < 1.29 is 4.74 Å². The Balaban J connectivity index is 1.73. The second-order valence-electron chi connectivity index (χ2n) is 4.54. The van der Waals surface area contributed by atoms with E-state index in [9.17, 15) is 0 Å². The standard InChI is InChI=1S/C16H18INO/c17-14-8-6-13(7-9-14)12-15(18)10-11-19-16-4-2-1-3-5-16/h1-9,15H,10-12,18H2. The van der Waals surface area contributed by atoms with Crippen LogP contribution in [-0.2, 0) is 6.42 Å². The van der Waals surface area contributed by atoms with Crippen molar-refractivity contribution in [1.29, 1.82) is 0 Å². The van der Waals surface area contributed by atoms with Gasteiger partial charge in [-0.3, -0.25) is 0 Å². The number of hydrogen-bond acceptors (Lipinski definition) is 2. The first-order valence-electron chi connectivity index (χ1n) is 6.42. The summed E-state index contributed by atoms with van der Waals surface area (Å²) >= 11 is 2.31. The summed E-state index contributed by atoms with van der Waals surface area (Å²) < 4.78 is 6.90. The predicted molar refractivity (Wildman–Crippen MR) is 87.4 cm³/mol. The van der Waals surface area contributed by atoms with E-state index in [0.29, 0.717) is 6.61 Å². The molecule has 2 rings (SSSR count). The molecule has 0 spiro atoms. The third kappa shape index (κ3) is 5.20. The van der Waals surface area contributed by atoms with Gasteiger partial charge in [-0.15, -0.1) is 0 Å². The van der Waals surface area contributed by atoms with Gasteiger partial charge in [0.25, 0.3) is 0 Å². The summed E-state index contributed by atoms with van der Waals surface area (Å²) in [4.78, 5) is 0. The fraction of sp³-hybridized carbons (Fsp3) is 0.250. The van der Waals surface area contributed by atoms with E-state index in [0.717, 1.165) is 18.6 Å². The van der Waals surface area contributed by atoms with E-state index in [2.05, 4.69) is 46.9 Å². The van der Waals surface area contributed by atoms with Gasteiger partial charge in [0, 0.05) is 9.61 Å². The molecule has 1 atom stereocenters. The van der Waals surface area contributed by atoms with Crippen LogP contribution in [-0.4, -0.2) is 12.6 Å². The van der Waals surface area contributed by atoms with Crippen molar-refractivity contribution in [3.63, 3.8) is 0 Å². The maximum atomic E-state index is 6.13. The molecule has 0 radical (unpaired) electrons. The Labute approximate surface area is 128 Å². The Morgan fingerprint density at radius 3 is 2.37 bits per heavy atom. The minimum atomic E-state index is 0.142. The van der Waals surface area contributed by atoms with Gasteiger partial charge in [-0.05, 0) is 65.3 Å². The molecule has 0 aliphatic rings. The highest BCUT2D eigenvalue weighted by Gasteiger charge is 2.04. The fourth-order valence-corrected chi connectivity index (χ4v) is 2.23. The van der Waals surface area contributed by atoms with Crippen molar-refractivity contribution in [1.82, 2.24) is 0 Å². The number of rotatable bonds is 6. The smallest absolute Gasteiger partial charge is 0.119 e. The molecule has 2 aromatic rings. The van der Waals surface area contributed by atoms with Crippen LogP contribution in [0.4, 0.5) is 0 Å². The molecule has 0 heterocycles. The van der Waals surface area contributed by atoms with Gasteiger partial charge in [0.05, 0.1) is 6.61 Å². The number of hydrogen-bond donors (Lipinski definition) is 1. The first-order chi connectivity index (χ1) is 9.24. The zero-order chi connectivity index (χ0) is 13.5. The maximum absolute atomic E-state index is 6.13. The van der Waals surface area contributed by atoms with E-state index in [-0.39, 0.29) is 6.04 Å². The van der Waals surface area contributed by atoms with E-state index in [1.165, 1.54) is 9.13 Å². The average Bonchev–Trinajstić information content (AvgIpc) is 2.43. The normalized spacial score (nSPS) is 12.1. The van der Waals surface area contributed by atoms with Crippen LogP contribution < -0.4 is 10.5 Å². The number of para-hydroxylation sites is 1. The number of ether oxygens (including phenoxy) is 1. The van der Waals surface area contributed by atoms with Crippen molar-refractivity contribution in [2.24, 2.45) is 5.73 Å². The van der Waals surface area contributed by atoms with E-state index in [1.54, 1.807) is 0 Å². The van der Waals surface area contributed by atoms with E-state index < -0.39 is 0 Å². The summed E-state index contributed by atoms with van der Waals surface area (Å²) in [7, 11) is 0. The van der Waals surface area contributed by atoms with E-state index >= 15 is 0 Å². The molecular formula is C16H18INO. The largest absolute Gasteiger partial charge is 0.494 e. The first-order valence-corrected chi connectivity index (χ1v) is 7.50. The third-order valence-corrected chi connectivity index (χ3v) is 3.63. The molecule has 0 fully saturated rings. The lowest BCUT2D eigenvalue weighted by Gasteiger charge is -2.12. The Bertz CT molecular complexity index is 484. The highest BCUT2D eigenvalue weighted by atomic mass is 127. The van der Waals surface area contributed by atoms with Gasteiger partial charge in [-0.2, -0.15) is 0 Å². The summed E-state index contributed by atoms with van der Waals surface area (Å²) in [5, 5.41) is 0. The molecule has 0 amide bonds. The molecule has 2 aromatic carbocycles. The van der Waals surface area contributed by atoms with Gasteiger partial charge in [-0.1, -0.05) is 30.3 Å². The molecule has 2 N–H and O–H groups in total. The molecule has 19 heavy (non-hydrogen) atoms. The minimum absolute atomic E-state index is 0.142. The van der Waals surface area contributed by atoms with Gasteiger partial charge in [0.2, 0.25) is 0 Å². The van der Waals surface area contributed by atoms with Crippen LogP contribution in [0, 0.1) is 3.57 Å². The Hall–Kier alpha value is -1.07. The van der Waals surface area contributed by atoms with Gasteiger partial charge in [-0.25, -0.2) is 0 Å². The molecule has 2 nitrogen and oxygen atoms in total. The topological polar surface area (TPSA) is 35.2 Å². The van der Waals surface area contributed by atoms with Crippen LogP contribution in [0.15, 0.2) is 54.6 Å². The zero-order valence-electron chi connectivity index (χ0n) is 10.8. The van der Waals surface area contributed by atoms with Gasteiger partial charge < -0.3 is 10.5 Å². The zero-order valence-corrected chi connectivity index (χ0v) is 12.9. The molecular weight excluding hydrogens is 349 g/mol. The summed E-state index contributed by atoms with van der Waals surface area (Å²) in [6.07, 6.45) is 1.76. The van der Waals surface area contributed by atoms with Crippen LogP contribution in [0.2, 0.25) is 0 Å². The number of halogens is 1. The molecule has 3 heteroatoms. The molecule has 0 bridgehead atoms. The van der Waals surface area contributed by atoms with Crippen LogP contribution in [0.1, 0.15) is 12.0 Å². The molecule has 0 saturated heterocycles. The summed E-state index contributed by atoms with van der Waals surface area (Å²) in [6.45, 7) is 0.662. The third-order valence-electron chi connectivity index (χ3n) is 2.91. The van der Waals surface area contributed by atoms with Crippen LogP contribution in [0.3, 0.4) is 0 Å². The van der Waals surface area contributed by atoms with Gasteiger partial charge >= 0.3 is 0 Å². The Morgan fingerprint density at radius 1 is 1.00 bits per heavy atom. The predicted octanol–water partition coefficient (Wildman–Crippen LogP) is 3.63.